The van der Waals surface area contributed by atoms with Crippen LogP contribution in [0.1, 0.15) is 25.7 Å². The second-order valence-electron chi connectivity index (χ2n) is 7.91. The summed E-state index contributed by atoms with van der Waals surface area (Å²) < 4.78 is 6.03. The molecule has 1 spiro atoms. The maximum Gasteiger partial charge on any atom is 0.225 e. The van der Waals surface area contributed by atoms with Gasteiger partial charge in [0.25, 0.3) is 0 Å². The predicted octanol–water partition coefficient (Wildman–Crippen LogP) is 1.49. The van der Waals surface area contributed by atoms with E-state index >= 15 is 0 Å². The van der Waals surface area contributed by atoms with Gasteiger partial charge in [0.15, 0.2) is 0 Å². The fourth-order valence-electron chi connectivity index (χ4n) is 4.50. The first-order valence-corrected chi connectivity index (χ1v) is 9.88. The summed E-state index contributed by atoms with van der Waals surface area (Å²) in [5.74, 6) is 0.873. The van der Waals surface area contributed by atoms with Crippen molar-refractivity contribution in [1.82, 2.24) is 19.8 Å². The average molecular weight is 345 g/mol. The van der Waals surface area contributed by atoms with E-state index in [1.807, 2.05) is 18.5 Å². The third-order valence-corrected chi connectivity index (χ3v) is 6.11. The fourth-order valence-corrected chi connectivity index (χ4v) is 4.50. The zero-order valence-electron chi connectivity index (χ0n) is 15.3. The average Bonchev–Trinajstić information content (AvgIpc) is 3.11. The quantitative estimate of drug-likeness (QED) is 0.824. The summed E-state index contributed by atoms with van der Waals surface area (Å²) in [7, 11) is 0. The van der Waals surface area contributed by atoms with Crippen LogP contribution < -0.4 is 4.90 Å². The molecule has 1 aromatic rings. The van der Waals surface area contributed by atoms with E-state index < -0.39 is 0 Å². The van der Waals surface area contributed by atoms with E-state index in [-0.39, 0.29) is 0 Å². The first kappa shape index (κ1) is 17.2. The summed E-state index contributed by atoms with van der Waals surface area (Å²) in [5, 5.41) is 0. The van der Waals surface area contributed by atoms with Crippen LogP contribution in [0.4, 0.5) is 5.95 Å². The molecule has 4 heterocycles. The van der Waals surface area contributed by atoms with Crippen LogP contribution in [0.2, 0.25) is 0 Å². The van der Waals surface area contributed by atoms with Crippen molar-refractivity contribution in [3.63, 3.8) is 0 Å². The Hall–Kier alpha value is -1.24. The Balaban J connectivity index is 1.32. The number of anilines is 1. The van der Waals surface area contributed by atoms with Gasteiger partial charge in [0, 0.05) is 57.1 Å². The van der Waals surface area contributed by atoms with Crippen molar-refractivity contribution in [2.45, 2.75) is 25.7 Å². The Morgan fingerprint density at radius 1 is 0.920 bits per heavy atom. The van der Waals surface area contributed by atoms with E-state index in [1.165, 1.54) is 58.4 Å². The molecule has 1 aromatic heterocycles. The van der Waals surface area contributed by atoms with Gasteiger partial charge in [-0.05, 0) is 44.8 Å². The van der Waals surface area contributed by atoms with Crippen LogP contribution >= 0.6 is 0 Å². The number of hydrogen-bond acceptors (Lipinski definition) is 6. The first-order chi connectivity index (χ1) is 12.3. The minimum Gasteiger partial charge on any atom is -0.379 e. The van der Waals surface area contributed by atoms with Gasteiger partial charge in [0.05, 0.1) is 13.2 Å². The predicted molar refractivity (Wildman–Crippen MR) is 98.8 cm³/mol. The summed E-state index contributed by atoms with van der Waals surface area (Å²) in [5.41, 5.74) is 0.312. The molecule has 3 aliphatic rings. The van der Waals surface area contributed by atoms with E-state index in [0.29, 0.717) is 5.41 Å². The van der Waals surface area contributed by atoms with Crippen molar-refractivity contribution in [3.8, 4) is 0 Å². The minimum atomic E-state index is 0.312. The second kappa shape index (κ2) is 7.98. The largest absolute Gasteiger partial charge is 0.379 e. The maximum atomic E-state index is 6.03. The summed E-state index contributed by atoms with van der Waals surface area (Å²) in [6.07, 6.45) is 8.77. The number of aromatic nitrogens is 2. The lowest BCUT2D eigenvalue weighted by atomic mass is 9.78. The molecule has 6 heteroatoms. The summed E-state index contributed by atoms with van der Waals surface area (Å²) >= 11 is 0. The van der Waals surface area contributed by atoms with Crippen molar-refractivity contribution in [2.24, 2.45) is 5.41 Å². The number of ether oxygens (including phenoxy) is 1. The highest BCUT2D eigenvalue weighted by atomic mass is 16.5. The normalized spacial score (nSPS) is 25.4. The van der Waals surface area contributed by atoms with Gasteiger partial charge >= 0.3 is 0 Å². The fraction of sp³-hybridized carbons (Fsp3) is 0.789. The highest BCUT2D eigenvalue weighted by Gasteiger charge is 2.38. The molecular formula is C19H31N5O. The molecule has 0 bridgehead atoms. The summed E-state index contributed by atoms with van der Waals surface area (Å²) in [4.78, 5) is 16.4. The lowest BCUT2D eigenvalue weighted by Crippen LogP contribution is -2.48. The summed E-state index contributed by atoms with van der Waals surface area (Å²) in [6, 6.07) is 1.88. The maximum absolute atomic E-state index is 6.03. The number of likely N-dealkylation sites (tertiary alicyclic amines) is 1. The van der Waals surface area contributed by atoms with E-state index in [2.05, 4.69) is 24.7 Å². The number of hydrogen-bond donors (Lipinski definition) is 0. The molecule has 0 radical (unpaired) electrons. The van der Waals surface area contributed by atoms with Gasteiger partial charge in [0.2, 0.25) is 5.95 Å². The molecule has 25 heavy (non-hydrogen) atoms. The van der Waals surface area contributed by atoms with Gasteiger partial charge in [-0.2, -0.15) is 0 Å². The molecule has 3 saturated heterocycles. The third kappa shape index (κ3) is 4.30. The number of rotatable bonds is 4. The molecule has 4 rings (SSSR count). The molecule has 0 N–H and O–H groups in total. The molecule has 0 amide bonds. The van der Waals surface area contributed by atoms with Crippen molar-refractivity contribution in [2.75, 3.05) is 70.5 Å². The molecule has 6 nitrogen and oxygen atoms in total. The van der Waals surface area contributed by atoms with Crippen LogP contribution in [0.15, 0.2) is 18.5 Å². The Morgan fingerprint density at radius 3 is 2.40 bits per heavy atom. The lowest BCUT2D eigenvalue weighted by molar-refractivity contribution is 0.0487. The highest BCUT2D eigenvalue weighted by Crippen LogP contribution is 2.35. The van der Waals surface area contributed by atoms with E-state index in [1.54, 1.807) is 0 Å². The Labute approximate surface area is 151 Å². The second-order valence-corrected chi connectivity index (χ2v) is 7.91. The van der Waals surface area contributed by atoms with Crippen molar-refractivity contribution in [1.29, 1.82) is 0 Å². The Morgan fingerprint density at radius 2 is 1.64 bits per heavy atom. The molecule has 3 fully saturated rings. The van der Waals surface area contributed by atoms with Crippen molar-refractivity contribution < 1.29 is 4.74 Å². The molecule has 0 aliphatic carbocycles. The van der Waals surface area contributed by atoms with Gasteiger partial charge in [-0.3, -0.25) is 4.90 Å². The van der Waals surface area contributed by atoms with Crippen LogP contribution in [0.5, 0.6) is 0 Å². The Bertz CT molecular complexity index is 526. The zero-order valence-corrected chi connectivity index (χ0v) is 15.3. The van der Waals surface area contributed by atoms with Crippen LogP contribution in [-0.2, 0) is 4.74 Å². The minimum absolute atomic E-state index is 0.312. The molecule has 138 valence electrons. The third-order valence-electron chi connectivity index (χ3n) is 6.11. The SMILES string of the molecule is c1cnc(N2CCC3(CC2)COCCN(CCN2CCCC2)C3)nc1. The Kier molecular flexibility index (Phi) is 5.48. The van der Waals surface area contributed by atoms with Gasteiger partial charge < -0.3 is 14.5 Å². The standard InChI is InChI=1S/C19H31N5O/c1-2-9-22(8-1)12-13-23-14-15-25-17-19(16-23)4-10-24(11-5-19)18-20-6-3-7-21-18/h3,6-7H,1-2,4-5,8-17H2. The molecule has 0 saturated carbocycles. The summed E-state index contributed by atoms with van der Waals surface area (Å²) in [6.45, 7) is 11.1. The monoisotopic (exact) mass is 345 g/mol. The van der Waals surface area contributed by atoms with E-state index in [0.717, 1.165) is 38.8 Å². The molecular weight excluding hydrogens is 314 g/mol. The van der Waals surface area contributed by atoms with Crippen molar-refractivity contribution >= 4 is 5.95 Å². The number of nitrogens with zero attached hydrogens (tertiary/aromatic N) is 5. The highest BCUT2D eigenvalue weighted by molar-refractivity contribution is 5.29. The zero-order chi connectivity index (χ0) is 17.0. The molecule has 3 aliphatic heterocycles. The van der Waals surface area contributed by atoms with Gasteiger partial charge in [-0.1, -0.05) is 0 Å². The van der Waals surface area contributed by atoms with Gasteiger partial charge in [-0.25, -0.2) is 9.97 Å². The van der Waals surface area contributed by atoms with Gasteiger partial charge in [0.1, 0.15) is 0 Å². The van der Waals surface area contributed by atoms with Crippen LogP contribution in [0.3, 0.4) is 0 Å². The van der Waals surface area contributed by atoms with E-state index in [9.17, 15) is 0 Å². The topological polar surface area (TPSA) is 44.7 Å². The van der Waals surface area contributed by atoms with E-state index in [4.69, 9.17) is 4.74 Å². The molecule has 0 unspecified atom stereocenters. The van der Waals surface area contributed by atoms with Crippen LogP contribution in [-0.4, -0.2) is 85.3 Å². The van der Waals surface area contributed by atoms with Crippen LogP contribution in [0, 0.1) is 5.41 Å². The lowest BCUT2D eigenvalue weighted by Gasteiger charge is -2.42. The smallest absolute Gasteiger partial charge is 0.225 e. The van der Waals surface area contributed by atoms with Crippen LogP contribution in [0.25, 0.3) is 0 Å². The van der Waals surface area contributed by atoms with Crippen molar-refractivity contribution in [3.05, 3.63) is 18.5 Å². The van der Waals surface area contributed by atoms with Gasteiger partial charge in [-0.15, -0.1) is 0 Å². The number of piperidine rings is 1. The molecule has 0 aromatic carbocycles. The first-order valence-electron chi connectivity index (χ1n) is 9.88. The molecule has 0 atom stereocenters.